The predicted molar refractivity (Wildman–Crippen MR) is 60.0 cm³/mol. The van der Waals surface area contributed by atoms with Gasteiger partial charge in [0.1, 0.15) is 0 Å². The summed E-state index contributed by atoms with van der Waals surface area (Å²) in [5, 5.41) is 10.4. The van der Waals surface area contributed by atoms with Crippen LogP contribution in [-0.4, -0.2) is 24.6 Å². The fourth-order valence-electron chi connectivity index (χ4n) is 1.41. The van der Waals surface area contributed by atoms with Gasteiger partial charge in [-0.3, -0.25) is 10.1 Å². The summed E-state index contributed by atoms with van der Waals surface area (Å²) < 4.78 is 0. The topological polar surface area (TPSA) is 72.4 Å². The Morgan fingerprint density at radius 2 is 2.00 bits per heavy atom. The number of hydrogen-bond donors (Lipinski definition) is 1. The molecule has 0 fully saturated rings. The molecule has 0 unspecified atom stereocenters. The average molecular weight is 209 g/mol. The lowest BCUT2D eigenvalue weighted by molar-refractivity contribution is -0.384. The van der Waals surface area contributed by atoms with E-state index in [1.807, 2.05) is 6.92 Å². The molecule has 0 atom stereocenters. The average Bonchev–Trinajstić information content (AvgIpc) is 2.26. The third-order valence-electron chi connectivity index (χ3n) is 2.21. The number of likely N-dealkylation sites (N-methyl/N-ethyl adjacent to an activating group) is 1. The van der Waals surface area contributed by atoms with Gasteiger partial charge < -0.3 is 10.6 Å². The Balaban J connectivity index is 2.81. The second kappa shape index (κ2) is 5.31. The molecule has 0 aromatic heterocycles. The SMILES string of the molecule is CCN(CCN)c1ccc([N+](=O)[O-])cc1. The molecule has 0 bridgehead atoms. The molecule has 0 aliphatic heterocycles. The monoisotopic (exact) mass is 209 g/mol. The molecule has 0 radical (unpaired) electrons. The Hall–Kier alpha value is -1.62. The van der Waals surface area contributed by atoms with Gasteiger partial charge in [0.25, 0.3) is 5.69 Å². The molecule has 2 N–H and O–H groups in total. The summed E-state index contributed by atoms with van der Waals surface area (Å²) in [6.45, 7) is 4.20. The zero-order chi connectivity index (χ0) is 11.3. The summed E-state index contributed by atoms with van der Waals surface area (Å²) in [6.07, 6.45) is 0. The third kappa shape index (κ3) is 2.92. The van der Waals surface area contributed by atoms with Gasteiger partial charge >= 0.3 is 0 Å². The van der Waals surface area contributed by atoms with Crippen LogP contribution in [0.2, 0.25) is 0 Å². The first-order valence-corrected chi connectivity index (χ1v) is 4.88. The van der Waals surface area contributed by atoms with Gasteiger partial charge in [-0.1, -0.05) is 0 Å². The van der Waals surface area contributed by atoms with Crippen molar-refractivity contribution in [3.63, 3.8) is 0 Å². The normalized spacial score (nSPS) is 10.0. The van der Waals surface area contributed by atoms with Crippen LogP contribution in [0, 0.1) is 10.1 Å². The first-order chi connectivity index (χ1) is 7.19. The smallest absolute Gasteiger partial charge is 0.269 e. The number of nitrogens with zero attached hydrogens (tertiary/aromatic N) is 2. The van der Waals surface area contributed by atoms with E-state index in [0.717, 1.165) is 18.8 Å². The van der Waals surface area contributed by atoms with Crippen molar-refractivity contribution >= 4 is 11.4 Å². The molecule has 0 saturated carbocycles. The van der Waals surface area contributed by atoms with E-state index in [9.17, 15) is 10.1 Å². The molecular weight excluding hydrogens is 194 g/mol. The maximum atomic E-state index is 10.4. The van der Waals surface area contributed by atoms with E-state index < -0.39 is 4.92 Å². The van der Waals surface area contributed by atoms with Crippen LogP contribution in [0.4, 0.5) is 11.4 Å². The van der Waals surface area contributed by atoms with Gasteiger partial charge in [0.15, 0.2) is 0 Å². The molecule has 5 nitrogen and oxygen atoms in total. The van der Waals surface area contributed by atoms with Crippen molar-refractivity contribution in [3.05, 3.63) is 34.4 Å². The third-order valence-corrected chi connectivity index (χ3v) is 2.21. The highest BCUT2D eigenvalue weighted by molar-refractivity contribution is 5.50. The molecule has 0 saturated heterocycles. The van der Waals surface area contributed by atoms with Crippen molar-refractivity contribution in [1.29, 1.82) is 0 Å². The predicted octanol–water partition coefficient (Wildman–Crippen LogP) is 1.38. The molecule has 5 heteroatoms. The number of nitro benzene ring substituents is 1. The summed E-state index contributed by atoms with van der Waals surface area (Å²) in [6, 6.07) is 6.51. The van der Waals surface area contributed by atoms with Crippen molar-refractivity contribution in [2.45, 2.75) is 6.92 Å². The minimum absolute atomic E-state index is 0.113. The van der Waals surface area contributed by atoms with Crippen molar-refractivity contribution in [2.24, 2.45) is 5.73 Å². The second-order valence-electron chi connectivity index (χ2n) is 3.14. The fourth-order valence-corrected chi connectivity index (χ4v) is 1.41. The number of nitro groups is 1. The molecule has 15 heavy (non-hydrogen) atoms. The summed E-state index contributed by atoms with van der Waals surface area (Å²) in [5.74, 6) is 0. The molecule has 0 spiro atoms. The molecule has 1 aromatic carbocycles. The van der Waals surface area contributed by atoms with Crippen LogP contribution in [0.15, 0.2) is 24.3 Å². The number of nitrogens with two attached hydrogens (primary N) is 1. The fraction of sp³-hybridized carbons (Fsp3) is 0.400. The Labute approximate surface area is 88.6 Å². The van der Waals surface area contributed by atoms with Crippen molar-refractivity contribution in [1.82, 2.24) is 0 Å². The molecule has 0 aliphatic rings. The van der Waals surface area contributed by atoms with Gasteiger partial charge in [-0.2, -0.15) is 0 Å². The number of benzene rings is 1. The van der Waals surface area contributed by atoms with Crippen LogP contribution >= 0.6 is 0 Å². The van der Waals surface area contributed by atoms with Gasteiger partial charge in [-0.25, -0.2) is 0 Å². The van der Waals surface area contributed by atoms with E-state index in [0.29, 0.717) is 6.54 Å². The van der Waals surface area contributed by atoms with E-state index in [2.05, 4.69) is 4.90 Å². The Morgan fingerprint density at radius 3 is 2.40 bits per heavy atom. The zero-order valence-corrected chi connectivity index (χ0v) is 8.72. The van der Waals surface area contributed by atoms with Crippen molar-refractivity contribution in [3.8, 4) is 0 Å². The van der Waals surface area contributed by atoms with E-state index >= 15 is 0 Å². The maximum Gasteiger partial charge on any atom is 0.269 e. The number of hydrogen-bond acceptors (Lipinski definition) is 4. The lowest BCUT2D eigenvalue weighted by atomic mass is 10.2. The highest BCUT2D eigenvalue weighted by atomic mass is 16.6. The Bertz CT molecular complexity index is 324. The van der Waals surface area contributed by atoms with Crippen LogP contribution < -0.4 is 10.6 Å². The summed E-state index contributed by atoms with van der Waals surface area (Å²) >= 11 is 0. The highest BCUT2D eigenvalue weighted by Crippen LogP contribution is 2.18. The van der Waals surface area contributed by atoms with Crippen LogP contribution in [0.25, 0.3) is 0 Å². The Morgan fingerprint density at radius 1 is 1.40 bits per heavy atom. The van der Waals surface area contributed by atoms with Gasteiger partial charge in [0.2, 0.25) is 0 Å². The zero-order valence-electron chi connectivity index (χ0n) is 8.72. The lowest BCUT2D eigenvalue weighted by Crippen LogP contribution is -2.28. The van der Waals surface area contributed by atoms with Crippen LogP contribution in [0.5, 0.6) is 0 Å². The molecule has 1 rings (SSSR count). The number of rotatable bonds is 5. The van der Waals surface area contributed by atoms with E-state index in [1.165, 1.54) is 12.1 Å². The molecule has 1 aromatic rings. The second-order valence-corrected chi connectivity index (χ2v) is 3.14. The van der Waals surface area contributed by atoms with Gasteiger partial charge in [0, 0.05) is 37.5 Å². The van der Waals surface area contributed by atoms with E-state index in [4.69, 9.17) is 5.73 Å². The maximum absolute atomic E-state index is 10.4. The standard InChI is InChI=1S/C10H15N3O2/c1-2-12(8-7-11)9-3-5-10(6-4-9)13(14)15/h3-6H,2,7-8,11H2,1H3. The minimum atomic E-state index is -0.400. The molecule has 0 aliphatic carbocycles. The first-order valence-electron chi connectivity index (χ1n) is 4.88. The lowest BCUT2D eigenvalue weighted by Gasteiger charge is -2.21. The largest absolute Gasteiger partial charge is 0.371 e. The van der Waals surface area contributed by atoms with Crippen LogP contribution in [-0.2, 0) is 0 Å². The summed E-state index contributed by atoms with van der Waals surface area (Å²) in [7, 11) is 0. The van der Waals surface area contributed by atoms with Gasteiger partial charge in [-0.15, -0.1) is 0 Å². The minimum Gasteiger partial charge on any atom is -0.371 e. The highest BCUT2D eigenvalue weighted by Gasteiger charge is 2.07. The van der Waals surface area contributed by atoms with Crippen LogP contribution in [0.3, 0.4) is 0 Å². The summed E-state index contributed by atoms with van der Waals surface area (Å²) in [4.78, 5) is 12.1. The number of anilines is 1. The number of non-ortho nitro benzene ring substituents is 1. The summed E-state index contributed by atoms with van der Waals surface area (Å²) in [5.41, 5.74) is 6.55. The quantitative estimate of drug-likeness (QED) is 0.587. The van der Waals surface area contributed by atoms with Crippen molar-refractivity contribution in [2.75, 3.05) is 24.5 Å². The molecule has 0 heterocycles. The van der Waals surface area contributed by atoms with Gasteiger partial charge in [0.05, 0.1) is 4.92 Å². The molecular formula is C10H15N3O2. The van der Waals surface area contributed by atoms with E-state index in [1.54, 1.807) is 12.1 Å². The first kappa shape index (κ1) is 11.5. The Kier molecular flexibility index (Phi) is 4.05. The molecule has 82 valence electrons. The van der Waals surface area contributed by atoms with Crippen molar-refractivity contribution < 1.29 is 4.92 Å². The van der Waals surface area contributed by atoms with Gasteiger partial charge in [-0.05, 0) is 19.1 Å². The van der Waals surface area contributed by atoms with Crippen LogP contribution in [0.1, 0.15) is 6.92 Å². The van der Waals surface area contributed by atoms with E-state index in [-0.39, 0.29) is 5.69 Å². The molecule has 0 amide bonds.